The molecule has 3 saturated heterocycles. The van der Waals surface area contributed by atoms with Crippen LogP contribution in [0.25, 0.3) is 0 Å². The Morgan fingerprint density at radius 3 is 2.76 bits per heavy atom. The fourth-order valence-electron chi connectivity index (χ4n) is 3.21. The predicted molar refractivity (Wildman–Crippen MR) is 85.6 cm³/mol. The lowest BCUT2D eigenvalue weighted by atomic mass is 9.84. The molecule has 3 aliphatic rings. The van der Waals surface area contributed by atoms with Gasteiger partial charge >= 0.3 is 0 Å². The number of piperidine rings is 3. The zero-order valence-corrected chi connectivity index (χ0v) is 13.0. The summed E-state index contributed by atoms with van der Waals surface area (Å²) >= 11 is 0. The van der Waals surface area contributed by atoms with Gasteiger partial charge in [-0.3, -0.25) is 0 Å². The van der Waals surface area contributed by atoms with E-state index in [0.717, 1.165) is 18.3 Å². The Labute approximate surface area is 126 Å². The van der Waals surface area contributed by atoms with Gasteiger partial charge in [-0.15, -0.1) is 0 Å². The second-order valence-electron chi connectivity index (χ2n) is 6.68. The van der Waals surface area contributed by atoms with Crippen LogP contribution in [0, 0.1) is 11.8 Å². The topological polar surface area (TPSA) is 63.4 Å². The Hall–Kier alpha value is -1.49. The van der Waals surface area contributed by atoms with Crippen LogP contribution in [0.15, 0.2) is 12.1 Å². The van der Waals surface area contributed by atoms with Gasteiger partial charge in [0.2, 0.25) is 5.88 Å². The molecule has 1 aromatic heterocycles. The highest BCUT2D eigenvalue weighted by Crippen LogP contribution is 2.30. The van der Waals surface area contributed by atoms with E-state index in [1.54, 1.807) is 0 Å². The quantitative estimate of drug-likeness (QED) is 0.870. The molecule has 0 aromatic carbocycles. The van der Waals surface area contributed by atoms with E-state index in [1.165, 1.54) is 25.9 Å². The smallest absolute Gasteiger partial charge is 0.239 e. The monoisotopic (exact) mass is 290 g/mol. The molecule has 3 aliphatic heterocycles. The lowest BCUT2D eigenvalue weighted by Crippen LogP contribution is -2.53. The Morgan fingerprint density at radius 2 is 2.14 bits per heavy atom. The zero-order chi connectivity index (χ0) is 14.8. The van der Waals surface area contributed by atoms with Crippen LogP contribution < -0.4 is 15.8 Å². The average Bonchev–Trinajstić information content (AvgIpc) is 2.49. The minimum atomic E-state index is 0.463. The Balaban J connectivity index is 1.66. The van der Waals surface area contributed by atoms with Crippen molar-refractivity contribution in [3.8, 4) is 5.88 Å². The van der Waals surface area contributed by atoms with E-state index in [2.05, 4.69) is 29.0 Å². The number of rotatable bonds is 5. The maximum Gasteiger partial charge on any atom is 0.239 e. The Morgan fingerprint density at radius 1 is 1.38 bits per heavy atom. The number of anilines is 2. The molecule has 0 amide bonds. The number of hydrogen-bond acceptors (Lipinski definition) is 5. The van der Waals surface area contributed by atoms with Gasteiger partial charge in [0.15, 0.2) is 0 Å². The molecule has 0 spiro atoms. The normalized spacial score (nSPS) is 27.9. The molecule has 0 saturated carbocycles. The number of hydrogen-bond donors (Lipinski definition) is 2. The lowest BCUT2D eigenvalue weighted by molar-refractivity contribution is 0.0973. The molecule has 0 radical (unpaired) electrons. The van der Waals surface area contributed by atoms with Crippen LogP contribution in [0.5, 0.6) is 5.88 Å². The molecule has 3 N–H and O–H groups in total. The van der Waals surface area contributed by atoms with E-state index >= 15 is 0 Å². The number of nitrogens with two attached hydrogens (primary N) is 1. The van der Waals surface area contributed by atoms with Crippen LogP contribution >= 0.6 is 0 Å². The number of nitrogens with one attached hydrogen (secondary N) is 1. The first-order chi connectivity index (χ1) is 10.1. The van der Waals surface area contributed by atoms with Crippen LogP contribution in [0.4, 0.5) is 11.5 Å². The number of nitrogen functional groups attached to an aromatic ring is 1. The number of aromatic nitrogens is 1. The van der Waals surface area contributed by atoms with Gasteiger partial charge in [-0.25, -0.2) is 0 Å². The van der Waals surface area contributed by atoms with Crippen molar-refractivity contribution in [3.63, 3.8) is 0 Å². The van der Waals surface area contributed by atoms with Crippen molar-refractivity contribution in [2.75, 3.05) is 37.3 Å². The van der Waals surface area contributed by atoms with Crippen molar-refractivity contribution in [1.29, 1.82) is 0 Å². The summed E-state index contributed by atoms with van der Waals surface area (Å²) in [6.07, 6.45) is 2.59. The van der Waals surface area contributed by atoms with Crippen molar-refractivity contribution >= 4 is 11.5 Å². The summed E-state index contributed by atoms with van der Waals surface area (Å²) in [7, 11) is 0. The van der Waals surface area contributed by atoms with E-state index < -0.39 is 0 Å². The number of fused-ring (bicyclic) bond motifs is 3. The fourth-order valence-corrected chi connectivity index (χ4v) is 3.21. The van der Waals surface area contributed by atoms with Crippen LogP contribution in [-0.4, -0.2) is 42.2 Å². The summed E-state index contributed by atoms with van der Waals surface area (Å²) in [4.78, 5) is 7.08. The molecule has 3 fully saturated rings. The summed E-state index contributed by atoms with van der Waals surface area (Å²) < 4.78 is 5.70. The van der Waals surface area contributed by atoms with Gasteiger partial charge in [0.1, 0.15) is 5.82 Å². The molecule has 116 valence electrons. The minimum absolute atomic E-state index is 0.463. The molecular weight excluding hydrogens is 264 g/mol. The van der Waals surface area contributed by atoms with Gasteiger partial charge in [0.05, 0.1) is 12.3 Å². The first kappa shape index (κ1) is 14.4. The van der Waals surface area contributed by atoms with Crippen LogP contribution in [0.1, 0.15) is 26.7 Å². The maximum atomic E-state index is 5.95. The molecule has 0 aliphatic carbocycles. The summed E-state index contributed by atoms with van der Waals surface area (Å²) in [5, 5.41) is 3.58. The molecule has 5 nitrogen and oxygen atoms in total. The van der Waals surface area contributed by atoms with Crippen molar-refractivity contribution in [3.05, 3.63) is 12.1 Å². The van der Waals surface area contributed by atoms with Gasteiger partial charge < -0.3 is 20.7 Å². The van der Waals surface area contributed by atoms with Gasteiger partial charge in [0, 0.05) is 12.6 Å². The molecule has 5 heteroatoms. The van der Waals surface area contributed by atoms with Crippen LogP contribution in [0.3, 0.4) is 0 Å². The fraction of sp³-hybridized carbons (Fsp3) is 0.688. The van der Waals surface area contributed by atoms with Crippen molar-refractivity contribution in [1.82, 2.24) is 9.88 Å². The standard InChI is InChI=1S/C16H26N4O/c1-11(2)10-21-16-13(17)3-4-15(19-16)18-14-9-20-7-5-12(14)6-8-20/h3-4,11-12,14H,5-10,17H2,1-2H3,(H,18,19). The maximum absolute atomic E-state index is 5.95. The third-order valence-electron chi connectivity index (χ3n) is 4.43. The highest BCUT2D eigenvalue weighted by molar-refractivity contribution is 5.54. The third-order valence-corrected chi connectivity index (χ3v) is 4.43. The second kappa shape index (κ2) is 6.10. The first-order valence-corrected chi connectivity index (χ1v) is 8.00. The molecule has 1 atom stereocenters. The number of pyridine rings is 1. The molecule has 1 unspecified atom stereocenters. The van der Waals surface area contributed by atoms with E-state index in [1.807, 2.05) is 12.1 Å². The Bertz CT molecular complexity index is 483. The summed E-state index contributed by atoms with van der Waals surface area (Å²) in [6.45, 7) is 8.50. The summed E-state index contributed by atoms with van der Waals surface area (Å²) in [6, 6.07) is 4.34. The molecule has 1 aromatic rings. The highest BCUT2D eigenvalue weighted by Gasteiger charge is 2.34. The second-order valence-corrected chi connectivity index (χ2v) is 6.68. The first-order valence-electron chi connectivity index (χ1n) is 8.00. The van der Waals surface area contributed by atoms with E-state index in [-0.39, 0.29) is 0 Å². The molecule has 2 bridgehead atoms. The molecule has 21 heavy (non-hydrogen) atoms. The van der Waals surface area contributed by atoms with Gasteiger partial charge in [-0.1, -0.05) is 13.8 Å². The van der Waals surface area contributed by atoms with Gasteiger partial charge in [0.25, 0.3) is 0 Å². The molecule has 4 rings (SSSR count). The van der Waals surface area contributed by atoms with E-state index in [0.29, 0.717) is 30.1 Å². The van der Waals surface area contributed by atoms with Crippen molar-refractivity contribution in [2.24, 2.45) is 11.8 Å². The van der Waals surface area contributed by atoms with Gasteiger partial charge in [-0.2, -0.15) is 4.98 Å². The van der Waals surface area contributed by atoms with Gasteiger partial charge in [-0.05, 0) is 49.9 Å². The SMILES string of the molecule is CC(C)COc1nc(NC2CN3CCC2CC3)ccc1N. The average molecular weight is 290 g/mol. The minimum Gasteiger partial charge on any atom is -0.476 e. The summed E-state index contributed by atoms with van der Waals surface area (Å²) in [5.74, 6) is 2.66. The van der Waals surface area contributed by atoms with Crippen LogP contribution in [0.2, 0.25) is 0 Å². The van der Waals surface area contributed by atoms with Crippen molar-refractivity contribution in [2.45, 2.75) is 32.7 Å². The van der Waals surface area contributed by atoms with Crippen LogP contribution in [-0.2, 0) is 0 Å². The highest BCUT2D eigenvalue weighted by atomic mass is 16.5. The number of ether oxygens (including phenoxy) is 1. The summed E-state index contributed by atoms with van der Waals surface area (Å²) in [5.41, 5.74) is 6.55. The molecule has 4 heterocycles. The predicted octanol–water partition coefficient (Wildman–Crippen LogP) is 2.20. The largest absolute Gasteiger partial charge is 0.476 e. The van der Waals surface area contributed by atoms with E-state index in [9.17, 15) is 0 Å². The van der Waals surface area contributed by atoms with Crippen molar-refractivity contribution < 1.29 is 4.74 Å². The van der Waals surface area contributed by atoms with E-state index in [4.69, 9.17) is 10.5 Å². The lowest BCUT2D eigenvalue weighted by Gasteiger charge is -2.45. The Kier molecular flexibility index (Phi) is 4.19. The number of nitrogens with zero attached hydrogens (tertiary/aromatic N) is 2. The third kappa shape index (κ3) is 3.40. The zero-order valence-electron chi connectivity index (χ0n) is 13.0. The molecular formula is C16H26N4O.